The number of carboxylic acid groups (broad SMARTS) is 1. The van der Waals surface area contributed by atoms with Crippen molar-refractivity contribution in [2.24, 2.45) is 0 Å². The van der Waals surface area contributed by atoms with Gasteiger partial charge in [0.25, 0.3) is 0 Å². The first kappa shape index (κ1) is 26.0. The third kappa shape index (κ3) is 12.5. The fraction of sp³-hybridized carbons (Fsp3) is 0.480. The molecule has 0 aliphatic rings. The number of aliphatic carboxylic acids is 1. The first-order chi connectivity index (χ1) is 14.2. The van der Waals surface area contributed by atoms with E-state index in [1.807, 2.05) is 12.1 Å². The lowest BCUT2D eigenvalue weighted by Crippen LogP contribution is -2.19. The molecular weight excluding hydrogens is 398 g/mol. The van der Waals surface area contributed by atoms with Crippen molar-refractivity contribution in [3.05, 3.63) is 65.7 Å². The molecule has 0 fully saturated rings. The summed E-state index contributed by atoms with van der Waals surface area (Å²) in [6.45, 7) is 2.16. The molecule has 0 spiro atoms. The average Bonchev–Trinajstić information content (AvgIpc) is 2.74. The second kappa shape index (κ2) is 16.7. The van der Waals surface area contributed by atoms with Gasteiger partial charge in [-0.25, -0.2) is 0 Å². The Morgan fingerprint density at radius 1 is 0.767 bits per heavy atom. The Balaban J connectivity index is 0.00000450. The van der Waals surface area contributed by atoms with Crippen LogP contribution in [-0.2, 0) is 17.6 Å². The second-order valence-corrected chi connectivity index (χ2v) is 7.49. The summed E-state index contributed by atoms with van der Waals surface area (Å²) in [6.07, 6.45) is 9.51. The minimum atomic E-state index is -0.754. The standard InChI is InChI=1S/C25H35NO3.ClH/c27-25(28)18-20-26-19-9-13-23-14-16-24(17-15-23)29-21-8-3-1-2-5-10-22-11-6-4-7-12-22;/h4,6-7,11-12,14-17,26H,1-3,5,8-10,13,18-21H2,(H,27,28);1H. The number of carboxylic acids is 1. The summed E-state index contributed by atoms with van der Waals surface area (Å²) in [6, 6.07) is 19.1. The Morgan fingerprint density at radius 3 is 2.13 bits per heavy atom. The molecule has 2 N–H and O–H groups in total. The van der Waals surface area contributed by atoms with E-state index in [9.17, 15) is 4.79 Å². The van der Waals surface area contributed by atoms with Gasteiger partial charge >= 0.3 is 5.97 Å². The fourth-order valence-corrected chi connectivity index (χ4v) is 3.29. The van der Waals surface area contributed by atoms with E-state index >= 15 is 0 Å². The van der Waals surface area contributed by atoms with Crippen LogP contribution in [0.25, 0.3) is 0 Å². The molecule has 0 unspecified atom stereocenters. The third-order valence-corrected chi connectivity index (χ3v) is 4.98. The maximum Gasteiger partial charge on any atom is 0.304 e. The van der Waals surface area contributed by atoms with E-state index in [4.69, 9.17) is 9.84 Å². The van der Waals surface area contributed by atoms with Crippen LogP contribution in [0, 0.1) is 0 Å². The fourth-order valence-electron chi connectivity index (χ4n) is 3.29. The summed E-state index contributed by atoms with van der Waals surface area (Å²) in [5.74, 6) is 0.188. The molecule has 0 bridgehead atoms. The first-order valence-corrected chi connectivity index (χ1v) is 10.9. The molecule has 0 aliphatic carbocycles. The highest BCUT2D eigenvalue weighted by atomic mass is 35.5. The van der Waals surface area contributed by atoms with Crippen LogP contribution in [0.5, 0.6) is 5.75 Å². The molecule has 2 aromatic rings. The van der Waals surface area contributed by atoms with Gasteiger partial charge in [-0.05, 0) is 61.9 Å². The zero-order valence-electron chi connectivity index (χ0n) is 17.9. The van der Waals surface area contributed by atoms with Crippen LogP contribution in [0.1, 0.15) is 56.1 Å². The summed E-state index contributed by atoms with van der Waals surface area (Å²) in [4.78, 5) is 10.4. The van der Waals surface area contributed by atoms with Crippen molar-refractivity contribution in [3.8, 4) is 5.75 Å². The lowest BCUT2D eigenvalue weighted by atomic mass is 10.1. The molecule has 0 heterocycles. The van der Waals surface area contributed by atoms with Gasteiger partial charge in [0.15, 0.2) is 0 Å². The Kier molecular flexibility index (Phi) is 14.5. The van der Waals surface area contributed by atoms with E-state index in [1.165, 1.54) is 43.2 Å². The number of carbonyl (C=O) groups is 1. The summed E-state index contributed by atoms with van der Waals surface area (Å²) in [5, 5.41) is 11.7. The summed E-state index contributed by atoms with van der Waals surface area (Å²) in [5.41, 5.74) is 2.73. The number of aryl methyl sites for hydroxylation is 2. The molecule has 5 heteroatoms. The van der Waals surface area contributed by atoms with Crippen LogP contribution >= 0.6 is 12.4 Å². The molecule has 0 saturated heterocycles. The van der Waals surface area contributed by atoms with Gasteiger partial charge < -0.3 is 15.2 Å². The Labute approximate surface area is 187 Å². The van der Waals surface area contributed by atoms with Crippen LogP contribution < -0.4 is 10.1 Å². The van der Waals surface area contributed by atoms with Gasteiger partial charge in [-0.2, -0.15) is 0 Å². The quantitative estimate of drug-likeness (QED) is 0.334. The van der Waals surface area contributed by atoms with Crippen molar-refractivity contribution in [1.29, 1.82) is 0 Å². The second-order valence-electron chi connectivity index (χ2n) is 7.49. The van der Waals surface area contributed by atoms with E-state index in [2.05, 4.69) is 47.8 Å². The highest BCUT2D eigenvalue weighted by Gasteiger charge is 1.99. The zero-order valence-corrected chi connectivity index (χ0v) is 18.7. The van der Waals surface area contributed by atoms with Gasteiger partial charge in [-0.3, -0.25) is 4.79 Å². The SMILES string of the molecule is Cl.O=C(O)CCNCCCc1ccc(OCCCCCCCc2ccccc2)cc1. The maximum absolute atomic E-state index is 10.4. The van der Waals surface area contributed by atoms with Gasteiger partial charge in [0, 0.05) is 6.54 Å². The minimum Gasteiger partial charge on any atom is -0.494 e. The van der Waals surface area contributed by atoms with Crippen LogP contribution in [0.2, 0.25) is 0 Å². The molecule has 4 nitrogen and oxygen atoms in total. The predicted octanol–water partition coefficient (Wildman–Crippen LogP) is 5.68. The van der Waals surface area contributed by atoms with Crippen LogP contribution in [-0.4, -0.2) is 30.8 Å². The lowest BCUT2D eigenvalue weighted by molar-refractivity contribution is -0.136. The molecule has 0 saturated carbocycles. The van der Waals surface area contributed by atoms with E-state index in [0.29, 0.717) is 6.54 Å². The molecule has 0 atom stereocenters. The van der Waals surface area contributed by atoms with Gasteiger partial charge in [-0.1, -0.05) is 61.7 Å². The summed E-state index contributed by atoms with van der Waals surface area (Å²) >= 11 is 0. The number of benzene rings is 2. The van der Waals surface area contributed by atoms with E-state index in [0.717, 1.165) is 38.2 Å². The van der Waals surface area contributed by atoms with E-state index in [-0.39, 0.29) is 18.8 Å². The number of rotatable bonds is 16. The normalized spacial score (nSPS) is 10.4. The molecule has 2 aromatic carbocycles. The van der Waals surface area contributed by atoms with Crippen LogP contribution in [0.15, 0.2) is 54.6 Å². The zero-order chi connectivity index (χ0) is 20.6. The smallest absolute Gasteiger partial charge is 0.304 e. The van der Waals surface area contributed by atoms with Crippen molar-refractivity contribution in [2.45, 2.75) is 57.8 Å². The summed E-state index contributed by atoms with van der Waals surface area (Å²) < 4.78 is 5.85. The first-order valence-electron chi connectivity index (χ1n) is 10.9. The van der Waals surface area contributed by atoms with Crippen molar-refractivity contribution >= 4 is 18.4 Å². The third-order valence-electron chi connectivity index (χ3n) is 4.98. The maximum atomic E-state index is 10.4. The largest absolute Gasteiger partial charge is 0.494 e. The van der Waals surface area contributed by atoms with E-state index < -0.39 is 5.97 Å². The number of hydrogen-bond donors (Lipinski definition) is 2. The van der Waals surface area contributed by atoms with Crippen molar-refractivity contribution in [2.75, 3.05) is 19.7 Å². The molecule has 0 aliphatic heterocycles. The minimum absolute atomic E-state index is 0. The van der Waals surface area contributed by atoms with Crippen LogP contribution in [0.3, 0.4) is 0 Å². The monoisotopic (exact) mass is 433 g/mol. The number of ether oxygens (including phenoxy) is 1. The Bertz CT molecular complexity index is 677. The number of unbranched alkanes of at least 4 members (excludes halogenated alkanes) is 4. The highest BCUT2D eigenvalue weighted by molar-refractivity contribution is 5.85. The molecule has 0 radical (unpaired) electrons. The van der Waals surface area contributed by atoms with Crippen molar-refractivity contribution < 1.29 is 14.6 Å². The number of halogens is 1. The number of nitrogens with one attached hydrogen (secondary N) is 1. The molecule has 0 aromatic heterocycles. The molecule has 0 amide bonds. The van der Waals surface area contributed by atoms with Gasteiger partial charge in [0.05, 0.1) is 13.0 Å². The molecule has 30 heavy (non-hydrogen) atoms. The predicted molar refractivity (Wildman–Crippen MR) is 126 cm³/mol. The van der Waals surface area contributed by atoms with Gasteiger partial charge in [0.2, 0.25) is 0 Å². The van der Waals surface area contributed by atoms with Gasteiger partial charge in [-0.15, -0.1) is 12.4 Å². The Hall–Kier alpha value is -2.04. The van der Waals surface area contributed by atoms with Gasteiger partial charge in [0.1, 0.15) is 5.75 Å². The topological polar surface area (TPSA) is 58.6 Å². The summed E-state index contributed by atoms with van der Waals surface area (Å²) in [7, 11) is 0. The van der Waals surface area contributed by atoms with E-state index in [1.54, 1.807) is 0 Å². The molecule has 2 rings (SSSR count). The number of hydrogen-bond acceptors (Lipinski definition) is 3. The average molecular weight is 434 g/mol. The van der Waals surface area contributed by atoms with Crippen molar-refractivity contribution in [1.82, 2.24) is 5.32 Å². The molecule has 166 valence electrons. The lowest BCUT2D eigenvalue weighted by Gasteiger charge is -2.08. The Morgan fingerprint density at radius 2 is 1.40 bits per heavy atom. The van der Waals surface area contributed by atoms with Crippen LogP contribution in [0.4, 0.5) is 0 Å². The van der Waals surface area contributed by atoms with Crippen molar-refractivity contribution in [3.63, 3.8) is 0 Å². The molecular formula is C25H36ClNO3. The highest BCUT2D eigenvalue weighted by Crippen LogP contribution is 2.14.